The van der Waals surface area contributed by atoms with Gasteiger partial charge in [0, 0.05) is 0 Å². The number of ether oxygens (including phenoxy) is 2. The molecule has 1 atom stereocenters. The molecular weight excluding hydrogens is 270 g/mol. The first-order valence-corrected chi connectivity index (χ1v) is 7.25. The third kappa shape index (κ3) is 4.63. The van der Waals surface area contributed by atoms with Crippen molar-refractivity contribution in [1.82, 2.24) is 5.32 Å². The second-order valence-electron chi connectivity index (χ2n) is 5.19. The van der Waals surface area contributed by atoms with Crippen LogP contribution in [0.5, 0.6) is 11.5 Å². The normalized spacial score (nSPS) is 13.5. The van der Waals surface area contributed by atoms with Crippen LogP contribution in [0.4, 0.5) is 0 Å². The van der Waals surface area contributed by atoms with Gasteiger partial charge in [0.2, 0.25) is 0 Å². The third-order valence-corrected chi connectivity index (χ3v) is 3.39. The van der Waals surface area contributed by atoms with E-state index in [4.69, 9.17) is 9.47 Å². The molecule has 0 aromatic heterocycles. The van der Waals surface area contributed by atoms with Gasteiger partial charge in [0.05, 0.1) is 7.11 Å². The van der Waals surface area contributed by atoms with Crippen LogP contribution in [0.15, 0.2) is 18.2 Å². The SMILES string of the molecule is CCCNC(C)(COc1ccc(CC)cc1OC)C(=O)O. The molecule has 1 rings (SSSR count). The van der Waals surface area contributed by atoms with Crippen LogP contribution < -0.4 is 14.8 Å². The maximum atomic E-state index is 11.4. The number of hydrogen-bond acceptors (Lipinski definition) is 4. The quantitative estimate of drug-likeness (QED) is 0.732. The van der Waals surface area contributed by atoms with E-state index in [0.29, 0.717) is 18.0 Å². The first-order chi connectivity index (χ1) is 9.96. The van der Waals surface area contributed by atoms with E-state index in [1.807, 2.05) is 25.1 Å². The summed E-state index contributed by atoms with van der Waals surface area (Å²) >= 11 is 0. The second-order valence-corrected chi connectivity index (χ2v) is 5.19. The number of nitrogens with one attached hydrogen (secondary N) is 1. The van der Waals surface area contributed by atoms with Gasteiger partial charge in [-0.3, -0.25) is 10.1 Å². The summed E-state index contributed by atoms with van der Waals surface area (Å²) < 4.78 is 11.0. The monoisotopic (exact) mass is 295 g/mol. The Balaban J connectivity index is 2.82. The zero-order valence-electron chi connectivity index (χ0n) is 13.2. The molecule has 0 bridgehead atoms. The van der Waals surface area contributed by atoms with E-state index < -0.39 is 11.5 Å². The fraction of sp³-hybridized carbons (Fsp3) is 0.562. The van der Waals surface area contributed by atoms with Gasteiger partial charge in [0.25, 0.3) is 0 Å². The molecule has 0 saturated heterocycles. The molecule has 0 saturated carbocycles. The average molecular weight is 295 g/mol. The van der Waals surface area contributed by atoms with Gasteiger partial charge in [-0.05, 0) is 44.0 Å². The Labute approximate surface area is 126 Å². The molecule has 5 heteroatoms. The van der Waals surface area contributed by atoms with Crippen molar-refractivity contribution in [1.29, 1.82) is 0 Å². The van der Waals surface area contributed by atoms with Crippen molar-refractivity contribution in [2.75, 3.05) is 20.3 Å². The van der Waals surface area contributed by atoms with Crippen LogP contribution in [-0.2, 0) is 11.2 Å². The zero-order valence-corrected chi connectivity index (χ0v) is 13.2. The van der Waals surface area contributed by atoms with Crippen LogP contribution in [0.1, 0.15) is 32.8 Å². The lowest BCUT2D eigenvalue weighted by Gasteiger charge is -2.26. The first kappa shape index (κ1) is 17.3. The van der Waals surface area contributed by atoms with Gasteiger partial charge in [-0.25, -0.2) is 0 Å². The number of benzene rings is 1. The Morgan fingerprint density at radius 2 is 2.05 bits per heavy atom. The summed E-state index contributed by atoms with van der Waals surface area (Å²) in [4.78, 5) is 11.4. The van der Waals surface area contributed by atoms with Crippen LogP contribution in [0.3, 0.4) is 0 Å². The smallest absolute Gasteiger partial charge is 0.327 e. The Kier molecular flexibility index (Phi) is 6.49. The summed E-state index contributed by atoms with van der Waals surface area (Å²) in [5, 5.41) is 12.4. The highest BCUT2D eigenvalue weighted by atomic mass is 16.5. The highest BCUT2D eigenvalue weighted by molar-refractivity contribution is 5.78. The van der Waals surface area contributed by atoms with E-state index in [9.17, 15) is 9.90 Å². The number of hydrogen-bond donors (Lipinski definition) is 2. The molecule has 0 fully saturated rings. The molecule has 1 aromatic rings. The van der Waals surface area contributed by atoms with Gasteiger partial charge in [0.1, 0.15) is 12.1 Å². The number of aliphatic carboxylic acids is 1. The van der Waals surface area contributed by atoms with Crippen LogP contribution in [-0.4, -0.2) is 36.9 Å². The van der Waals surface area contributed by atoms with Gasteiger partial charge < -0.3 is 14.6 Å². The standard InChI is InChI=1S/C16H25NO4/c1-5-9-17-16(3,15(18)19)11-21-13-8-7-12(6-2)10-14(13)20-4/h7-8,10,17H,5-6,9,11H2,1-4H3,(H,18,19). The molecule has 0 aliphatic carbocycles. The summed E-state index contributed by atoms with van der Waals surface area (Å²) in [6, 6.07) is 5.68. The molecular formula is C16H25NO4. The summed E-state index contributed by atoms with van der Waals surface area (Å²) in [7, 11) is 1.58. The Bertz CT molecular complexity index is 475. The number of carbonyl (C=O) groups is 1. The molecule has 5 nitrogen and oxygen atoms in total. The number of carboxylic acids is 1. The predicted octanol–water partition coefficient (Wildman–Crippen LogP) is 2.48. The van der Waals surface area contributed by atoms with Crippen molar-refractivity contribution in [3.63, 3.8) is 0 Å². The molecule has 2 N–H and O–H groups in total. The fourth-order valence-corrected chi connectivity index (χ4v) is 1.86. The van der Waals surface area contributed by atoms with Gasteiger partial charge in [0.15, 0.2) is 11.5 Å². The second kappa shape index (κ2) is 7.88. The van der Waals surface area contributed by atoms with E-state index in [0.717, 1.165) is 18.4 Å². The maximum Gasteiger partial charge on any atom is 0.327 e. The lowest BCUT2D eigenvalue weighted by Crippen LogP contribution is -2.54. The molecule has 0 aliphatic heterocycles. The number of carboxylic acid groups (broad SMARTS) is 1. The van der Waals surface area contributed by atoms with Gasteiger partial charge in [-0.15, -0.1) is 0 Å². The largest absolute Gasteiger partial charge is 0.493 e. The van der Waals surface area contributed by atoms with E-state index in [-0.39, 0.29) is 6.61 Å². The molecule has 0 heterocycles. The molecule has 0 aliphatic rings. The summed E-state index contributed by atoms with van der Waals surface area (Å²) in [6.07, 6.45) is 1.76. The highest BCUT2D eigenvalue weighted by Gasteiger charge is 2.33. The molecule has 0 spiro atoms. The van der Waals surface area contributed by atoms with Crippen LogP contribution in [0, 0.1) is 0 Å². The van der Waals surface area contributed by atoms with Crippen molar-refractivity contribution in [2.24, 2.45) is 0 Å². The topological polar surface area (TPSA) is 67.8 Å². The van der Waals surface area contributed by atoms with Gasteiger partial charge >= 0.3 is 5.97 Å². The van der Waals surface area contributed by atoms with Gasteiger partial charge in [-0.2, -0.15) is 0 Å². The molecule has 0 radical (unpaired) electrons. The number of methoxy groups -OCH3 is 1. The Morgan fingerprint density at radius 3 is 2.57 bits per heavy atom. The minimum absolute atomic E-state index is 0.0319. The fourth-order valence-electron chi connectivity index (χ4n) is 1.86. The van der Waals surface area contributed by atoms with E-state index >= 15 is 0 Å². The van der Waals surface area contributed by atoms with Crippen molar-refractivity contribution in [2.45, 2.75) is 39.2 Å². The van der Waals surface area contributed by atoms with Crippen molar-refractivity contribution < 1.29 is 19.4 Å². The highest BCUT2D eigenvalue weighted by Crippen LogP contribution is 2.29. The summed E-state index contributed by atoms with van der Waals surface area (Å²) in [6.45, 7) is 6.33. The lowest BCUT2D eigenvalue weighted by atomic mass is 10.0. The summed E-state index contributed by atoms with van der Waals surface area (Å²) in [5.74, 6) is 0.248. The van der Waals surface area contributed by atoms with Crippen LogP contribution >= 0.6 is 0 Å². The summed E-state index contributed by atoms with van der Waals surface area (Å²) in [5.41, 5.74) is 0.0223. The minimum Gasteiger partial charge on any atom is -0.493 e. The molecule has 0 amide bonds. The van der Waals surface area contributed by atoms with E-state index in [1.165, 1.54) is 0 Å². The van der Waals surface area contributed by atoms with Crippen LogP contribution in [0.25, 0.3) is 0 Å². The van der Waals surface area contributed by atoms with E-state index in [2.05, 4.69) is 12.2 Å². The lowest BCUT2D eigenvalue weighted by molar-refractivity contribution is -0.145. The molecule has 118 valence electrons. The average Bonchev–Trinajstić information content (AvgIpc) is 2.50. The van der Waals surface area contributed by atoms with Crippen molar-refractivity contribution >= 4 is 5.97 Å². The number of aryl methyl sites for hydroxylation is 1. The molecule has 1 aromatic carbocycles. The molecule has 1 unspecified atom stereocenters. The zero-order chi connectivity index (χ0) is 15.9. The first-order valence-electron chi connectivity index (χ1n) is 7.25. The third-order valence-electron chi connectivity index (χ3n) is 3.39. The predicted molar refractivity (Wildman–Crippen MR) is 82.2 cm³/mol. The van der Waals surface area contributed by atoms with E-state index in [1.54, 1.807) is 14.0 Å². The van der Waals surface area contributed by atoms with Crippen molar-refractivity contribution in [3.8, 4) is 11.5 Å². The minimum atomic E-state index is -1.12. The molecule has 21 heavy (non-hydrogen) atoms. The van der Waals surface area contributed by atoms with Crippen molar-refractivity contribution in [3.05, 3.63) is 23.8 Å². The maximum absolute atomic E-state index is 11.4. The Hall–Kier alpha value is -1.75. The van der Waals surface area contributed by atoms with Gasteiger partial charge in [-0.1, -0.05) is 19.9 Å². The number of rotatable bonds is 9. The Morgan fingerprint density at radius 1 is 1.33 bits per heavy atom. The van der Waals surface area contributed by atoms with Crippen LogP contribution in [0.2, 0.25) is 0 Å².